The van der Waals surface area contributed by atoms with E-state index in [1.54, 1.807) is 18.3 Å². The first-order chi connectivity index (χ1) is 12.2. The van der Waals surface area contributed by atoms with Gasteiger partial charge in [-0.2, -0.15) is 0 Å². The van der Waals surface area contributed by atoms with Gasteiger partial charge in [0.25, 0.3) is 5.91 Å². The Balaban J connectivity index is 1.42. The van der Waals surface area contributed by atoms with E-state index in [0.29, 0.717) is 24.0 Å². The van der Waals surface area contributed by atoms with Crippen molar-refractivity contribution in [3.63, 3.8) is 0 Å². The maximum atomic E-state index is 12.9. The van der Waals surface area contributed by atoms with E-state index in [1.165, 1.54) is 19.3 Å². The molecule has 1 aromatic heterocycles. The maximum absolute atomic E-state index is 12.9. The normalized spacial score (nSPS) is 28.0. The second-order valence-corrected chi connectivity index (χ2v) is 7.43. The Morgan fingerprint density at radius 1 is 1.28 bits per heavy atom. The highest BCUT2D eigenvalue weighted by molar-refractivity contribution is 5.94. The largest absolute Gasteiger partial charge is 0.474 e. The number of morpholine rings is 1. The zero-order chi connectivity index (χ0) is 17.2. The molecule has 0 aromatic carbocycles. The molecule has 1 aliphatic carbocycles. The number of likely N-dealkylation sites (tertiary alicyclic amines) is 1. The lowest BCUT2D eigenvalue weighted by molar-refractivity contribution is -0.0368. The van der Waals surface area contributed by atoms with Crippen molar-refractivity contribution in [1.29, 1.82) is 0 Å². The SMILES string of the molecule is CN1CCO[C@@H]2CN(C(=O)c3ccnc(OC4CCCCC4)c3)C[C@@H]21. The number of aromatic nitrogens is 1. The van der Waals surface area contributed by atoms with Crippen LogP contribution in [0, 0.1) is 0 Å². The molecule has 1 aromatic rings. The van der Waals surface area contributed by atoms with E-state index in [-0.39, 0.29) is 18.1 Å². The van der Waals surface area contributed by atoms with Crippen LogP contribution in [0.2, 0.25) is 0 Å². The molecule has 1 saturated carbocycles. The molecule has 136 valence electrons. The van der Waals surface area contributed by atoms with Crippen LogP contribution in [0.1, 0.15) is 42.5 Å². The van der Waals surface area contributed by atoms with E-state index >= 15 is 0 Å². The van der Waals surface area contributed by atoms with Crippen molar-refractivity contribution in [3.8, 4) is 5.88 Å². The molecule has 3 aliphatic rings. The molecule has 3 fully saturated rings. The van der Waals surface area contributed by atoms with Gasteiger partial charge in [0.05, 0.1) is 18.8 Å². The van der Waals surface area contributed by atoms with Crippen LogP contribution in [-0.4, -0.2) is 72.2 Å². The number of rotatable bonds is 3. The van der Waals surface area contributed by atoms with Crippen LogP contribution in [0.5, 0.6) is 5.88 Å². The average Bonchev–Trinajstić information content (AvgIpc) is 3.08. The molecule has 0 spiro atoms. The Kier molecular flexibility index (Phi) is 4.90. The van der Waals surface area contributed by atoms with E-state index in [1.807, 2.05) is 4.90 Å². The Labute approximate surface area is 149 Å². The van der Waals surface area contributed by atoms with Crippen molar-refractivity contribution in [3.05, 3.63) is 23.9 Å². The molecule has 0 bridgehead atoms. The molecule has 0 N–H and O–H groups in total. The lowest BCUT2D eigenvalue weighted by Gasteiger charge is -2.33. The molecule has 3 heterocycles. The van der Waals surface area contributed by atoms with E-state index in [4.69, 9.17) is 9.47 Å². The number of ether oxygens (including phenoxy) is 2. The van der Waals surface area contributed by atoms with Gasteiger partial charge in [-0.15, -0.1) is 0 Å². The van der Waals surface area contributed by atoms with Gasteiger partial charge in [0.1, 0.15) is 6.10 Å². The Hall–Kier alpha value is -1.66. The van der Waals surface area contributed by atoms with Gasteiger partial charge in [0.15, 0.2) is 0 Å². The number of nitrogens with zero attached hydrogens (tertiary/aromatic N) is 3. The minimum absolute atomic E-state index is 0.0438. The fraction of sp³-hybridized carbons (Fsp3) is 0.684. The highest BCUT2D eigenvalue weighted by Crippen LogP contribution is 2.25. The van der Waals surface area contributed by atoms with Crippen molar-refractivity contribution in [2.45, 2.75) is 50.4 Å². The summed E-state index contributed by atoms with van der Waals surface area (Å²) in [6.07, 6.45) is 7.93. The standard InChI is InChI=1S/C19H27N3O3/c1-21-9-10-24-17-13-22(12-16(17)21)19(23)14-7-8-20-18(11-14)25-15-5-3-2-4-6-15/h7-8,11,15-17H,2-6,9-10,12-13H2,1H3/t16-,17+/m0/s1. The van der Waals surface area contributed by atoms with E-state index in [0.717, 1.165) is 32.5 Å². The first-order valence-electron chi connectivity index (χ1n) is 9.44. The minimum Gasteiger partial charge on any atom is -0.474 e. The topological polar surface area (TPSA) is 54.9 Å². The molecular formula is C19H27N3O3. The highest BCUT2D eigenvalue weighted by atomic mass is 16.5. The van der Waals surface area contributed by atoms with E-state index in [9.17, 15) is 4.79 Å². The van der Waals surface area contributed by atoms with Crippen molar-refractivity contribution in [2.75, 3.05) is 33.3 Å². The number of likely N-dealkylation sites (N-methyl/N-ethyl adjacent to an activating group) is 1. The smallest absolute Gasteiger partial charge is 0.254 e. The molecule has 25 heavy (non-hydrogen) atoms. The van der Waals surface area contributed by atoms with Crippen LogP contribution in [0.3, 0.4) is 0 Å². The summed E-state index contributed by atoms with van der Waals surface area (Å²) in [6, 6.07) is 3.88. The van der Waals surface area contributed by atoms with Crippen LogP contribution in [0.25, 0.3) is 0 Å². The van der Waals surface area contributed by atoms with Crippen molar-refractivity contribution in [1.82, 2.24) is 14.8 Å². The second kappa shape index (κ2) is 7.30. The lowest BCUT2D eigenvalue weighted by Crippen LogP contribution is -2.48. The second-order valence-electron chi connectivity index (χ2n) is 7.43. The molecule has 6 nitrogen and oxygen atoms in total. The zero-order valence-electron chi connectivity index (χ0n) is 14.9. The number of fused-ring (bicyclic) bond motifs is 1. The van der Waals surface area contributed by atoms with Crippen molar-refractivity contribution in [2.24, 2.45) is 0 Å². The average molecular weight is 345 g/mol. The number of carbonyl (C=O) groups excluding carboxylic acids is 1. The Morgan fingerprint density at radius 3 is 2.92 bits per heavy atom. The third-order valence-electron chi connectivity index (χ3n) is 5.69. The summed E-state index contributed by atoms with van der Waals surface area (Å²) in [6.45, 7) is 3.06. The van der Waals surface area contributed by atoms with Gasteiger partial charge >= 0.3 is 0 Å². The van der Waals surface area contributed by atoms with Crippen LogP contribution in [0.15, 0.2) is 18.3 Å². The predicted octanol–water partition coefficient (Wildman–Crippen LogP) is 1.95. The number of carbonyl (C=O) groups is 1. The number of pyridine rings is 1. The number of hydrogen-bond donors (Lipinski definition) is 0. The van der Waals surface area contributed by atoms with E-state index in [2.05, 4.69) is 16.9 Å². The summed E-state index contributed by atoms with van der Waals surface area (Å²) < 4.78 is 11.8. The van der Waals surface area contributed by atoms with Gasteiger partial charge in [0.2, 0.25) is 5.88 Å². The van der Waals surface area contributed by atoms with Crippen LogP contribution in [0.4, 0.5) is 0 Å². The molecule has 6 heteroatoms. The zero-order valence-corrected chi connectivity index (χ0v) is 14.9. The molecule has 4 rings (SSSR count). The van der Waals surface area contributed by atoms with Crippen molar-refractivity contribution >= 4 is 5.91 Å². The lowest BCUT2D eigenvalue weighted by atomic mass is 9.98. The van der Waals surface area contributed by atoms with E-state index < -0.39 is 0 Å². The molecule has 0 unspecified atom stereocenters. The predicted molar refractivity (Wildman–Crippen MR) is 93.8 cm³/mol. The van der Waals surface area contributed by atoms with Gasteiger partial charge in [-0.3, -0.25) is 9.69 Å². The molecule has 2 atom stereocenters. The van der Waals surface area contributed by atoms with Crippen LogP contribution in [-0.2, 0) is 4.74 Å². The summed E-state index contributed by atoms with van der Waals surface area (Å²) in [7, 11) is 2.11. The summed E-state index contributed by atoms with van der Waals surface area (Å²) in [5, 5.41) is 0. The fourth-order valence-corrected chi connectivity index (χ4v) is 4.17. The summed E-state index contributed by atoms with van der Waals surface area (Å²) in [5.41, 5.74) is 0.655. The quantitative estimate of drug-likeness (QED) is 0.838. The molecular weight excluding hydrogens is 318 g/mol. The first kappa shape index (κ1) is 16.8. The van der Waals surface area contributed by atoms with Crippen LogP contribution < -0.4 is 4.74 Å². The fourth-order valence-electron chi connectivity index (χ4n) is 4.17. The van der Waals surface area contributed by atoms with Gasteiger partial charge < -0.3 is 14.4 Å². The number of amides is 1. The maximum Gasteiger partial charge on any atom is 0.254 e. The molecule has 0 radical (unpaired) electrons. The Morgan fingerprint density at radius 2 is 2.12 bits per heavy atom. The third kappa shape index (κ3) is 3.65. The van der Waals surface area contributed by atoms with Gasteiger partial charge in [0, 0.05) is 37.5 Å². The Bertz CT molecular complexity index is 618. The third-order valence-corrected chi connectivity index (χ3v) is 5.69. The van der Waals surface area contributed by atoms with Crippen molar-refractivity contribution < 1.29 is 14.3 Å². The van der Waals surface area contributed by atoms with Gasteiger partial charge in [-0.1, -0.05) is 6.42 Å². The monoisotopic (exact) mass is 345 g/mol. The summed E-state index contributed by atoms with van der Waals surface area (Å²) >= 11 is 0. The summed E-state index contributed by atoms with van der Waals surface area (Å²) in [4.78, 5) is 21.4. The molecule has 1 amide bonds. The summed E-state index contributed by atoms with van der Waals surface area (Å²) in [5.74, 6) is 0.616. The highest BCUT2D eigenvalue weighted by Gasteiger charge is 2.40. The minimum atomic E-state index is 0.0438. The first-order valence-corrected chi connectivity index (χ1v) is 9.44. The molecule has 2 saturated heterocycles. The molecule has 2 aliphatic heterocycles. The number of hydrogen-bond acceptors (Lipinski definition) is 5. The van der Waals surface area contributed by atoms with Gasteiger partial charge in [-0.05, 0) is 38.8 Å². The van der Waals surface area contributed by atoms with Gasteiger partial charge in [-0.25, -0.2) is 4.98 Å². The van der Waals surface area contributed by atoms with Crippen LogP contribution >= 0.6 is 0 Å².